The van der Waals surface area contributed by atoms with Crippen LogP contribution in [0.5, 0.6) is 0 Å². The summed E-state index contributed by atoms with van der Waals surface area (Å²) in [7, 11) is 0. The number of H-pyrrole nitrogens is 1. The zero-order chi connectivity index (χ0) is 19.6. The van der Waals surface area contributed by atoms with Gasteiger partial charge in [0.1, 0.15) is 6.54 Å². The highest BCUT2D eigenvalue weighted by molar-refractivity contribution is 6.03. The average Bonchev–Trinajstić information content (AvgIpc) is 2.95. The lowest BCUT2D eigenvalue weighted by Gasteiger charge is -2.34. The standard InChI is InChI=1S/C21H25N3O3/c1-14-19(15(2)22-20(14)16(3)25)21(27)24-12-11-23(18(26)13-24)10-9-17-7-5-4-6-8-17/h4-8,22H,9-13H2,1-3H3. The number of aryl methyl sites for hydroxylation is 1. The summed E-state index contributed by atoms with van der Waals surface area (Å²) < 4.78 is 0. The number of Topliss-reactive ketones (excluding diaryl/α,β-unsaturated/α-hetero) is 1. The second-order valence-corrected chi connectivity index (χ2v) is 7.02. The summed E-state index contributed by atoms with van der Waals surface area (Å²) >= 11 is 0. The molecule has 0 radical (unpaired) electrons. The molecule has 0 unspecified atom stereocenters. The number of carbonyl (C=O) groups excluding carboxylic acids is 3. The van der Waals surface area contributed by atoms with Gasteiger partial charge in [0.2, 0.25) is 5.91 Å². The van der Waals surface area contributed by atoms with Gasteiger partial charge in [0.15, 0.2) is 5.78 Å². The second kappa shape index (κ2) is 7.78. The zero-order valence-corrected chi connectivity index (χ0v) is 16.0. The first-order chi connectivity index (χ1) is 12.9. The number of nitrogens with one attached hydrogen (secondary N) is 1. The smallest absolute Gasteiger partial charge is 0.256 e. The fourth-order valence-electron chi connectivity index (χ4n) is 3.61. The van der Waals surface area contributed by atoms with Gasteiger partial charge < -0.3 is 14.8 Å². The predicted octanol–water partition coefficient (Wildman–Crippen LogP) is 2.36. The van der Waals surface area contributed by atoms with Crippen LogP contribution in [0.4, 0.5) is 0 Å². The van der Waals surface area contributed by atoms with Gasteiger partial charge in [-0.05, 0) is 31.4 Å². The lowest BCUT2D eigenvalue weighted by Crippen LogP contribution is -2.52. The molecule has 1 aliphatic heterocycles. The molecule has 2 heterocycles. The molecule has 2 aromatic rings. The summed E-state index contributed by atoms with van der Waals surface area (Å²) in [6, 6.07) is 10.1. The van der Waals surface area contributed by atoms with Crippen LogP contribution in [0.1, 0.15) is 44.6 Å². The van der Waals surface area contributed by atoms with Crippen molar-refractivity contribution in [3.05, 3.63) is 58.4 Å². The maximum atomic E-state index is 12.9. The third-order valence-electron chi connectivity index (χ3n) is 5.12. The van der Waals surface area contributed by atoms with Gasteiger partial charge in [0.05, 0.1) is 11.3 Å². The van der Waals surface area contributed by atoms with E-state index in [4.69, 9.17) is 0 Å². The van der Waals surface area contributed by atoms with Gasteiger partial charge in [0, 0.05) is 32.3 Å². The number of ketones is 1. The maximum Gasteiger partial charge on any atom is 0.256 e. The summed E-state index contributed by atoms with van der Waals surface area (Å²) in [6.07, 6.45) is 0.804. The monoisotopic (exact) mass is 367 g/mol. The molecule has 6 heteroatoms. The largest absolute Gasteiger partial charge is 0.355 e. The van der Waals surface area contributed by atoms with Crippen LogP contribution < -0.4 is 0 Å². The number of aromatic nitrogens is 1. The number of hydrogen-bond donors (Lipinski definition) is 1. The maximum absolute atomic E-state index is 12.9. The van der Waals surface area contributed by atoms with E-state index < -0.39 is 0 Å². The first kappa shape index (κ1) is 18.9. The molecular formula is C21H25N3O3. The summed E-state index contributed by atoms with van der Waals surface area (Å²) in [4.78, 5) is 43.5. The van der Waals surface area contributed by atoms with E-state index in [1.54, 1.807) is 18.7 Å². The Labute approximate surface area is 159 Å². The molecule has 0 bridgehead atoms. The van der Waals surface area contributed by atoms with Gasteiger partial charge in [-0.15, -0.1) is 0 Å². The van der Waals surface area contributed by atoms with Crippen LogP contribution in [0.3, 0.4) is 0 Å². The van der Waals surface area contributed by atoms with Crippen molar-refractivity contribution in [1.29, 1.82) is 0 Å². The molecule has 6 nitrogen and oxygen atoms in total. The van der Waals surface area contributed by atoms with Crippen LogP contribution in [0, 0.1) is 13.8 Å². The van der Waals surface area contributed by atoms with Crippen molar-refractivity contribution in [3.8, 4) is 0 Å². The number of amides is 2. The molecule has 27 heavy (non-hydrogen) atoms. The number of carbonyl (C=O) groups is 3. The van der Waals surface area contributed by atoms with E-state index in [9.17, 15) is 14.4 Å². The van der Waals surface area contributed by atoms with E-state index in [2.05, 4.69) is 4.98 Å². The molecule has 0 aliphatic carbocycles. The second-order valence-electron chi connectivity index (χ2n) is 7.02. The highest BCUT2D eigenvalue weighted by Gasteiger charge is 2.30. The van der Waals surface area contributed by atoms with E-state index in [1.807, 2.05) is 35.2 Å². The molecule has 142 valence electrons. The minimum Gasteiger partial charge on any atom is -0.355 e. The Morgan fingerprint density at radius 2 is 1.81 bits per heavy atom. The van der Waals surface area contributed by atoms with E-state index in [0.717, 1.165) is 6.42 Å². The van der Waals surface area contributed by atoms with Crippen LogP contribution >= 0.6 is 0 Å². The van der Waals surface area contributed by atoms with E-state index in [-0.39, 0.29) is 24.1 Å². The number of rotatable bonds is 5. The fraction of sp³-hybridized carbons (Fsp3) is 0.381. The predicted molar refractivity (Wildman–Crippen MR) is 103 cm³/mol. The Kier molecular flexibility index (Phi) is 5.44. The third-order valence-corrected chi connectivity index (χ3v) is 5.12. The third kappa shape index (κ3) is 3.94. The normalized spacial score (nSPS) is 14.6. The minimum absolute atomic E-state index is 0.0387. The SMILES string of the molecule is CC(=O)c1[nH]c(C)c(C(=O)N2CCN(CCc3ccccc3)C(=O)C2)c1C. The zero-order valence-electron chi connectivity index (χ0n) is 16.0. The van der Waals surface area contributed by atoms with Crippen LogP contribution in [0.15, 0.2) is 30.3 Å². The van der Waals surface area contributed by atoms with E-state index in [1.165, 1.54) is 12.5 Å². The number of hydrogen-bond acceptors (Lipinski definition) is 3. The van der Waals surface area contributed by atoms with Crippen molar-refractivity contribution < 1.29 is 14.4 Å². The van der Waals surface area contributed by atoms with Gasteiger partial charge in [-0.2, -0.15) is 0 Å². The Morgan fingerprint density at radius 3 is 2.41 bits per heavy atom. The summed E-state index contributed by atoms with van der Waals surface area (Å²) in [6.45, 7) is 6.78. The average molecular weight is 367 g/mol. The van der Waals surface area contributed by atoms with Gasteiger partial charge in [0.25, 0.3) is 5.91 Å². The molecule has 0 spiro atoms. The number of aromatic amines is 1. The molecule has 1 aromatic heterocycles. The fourth-order valence-corrected chi connectivity index (χ4v) is 3.61. The van der Waals surface area contributed by atoms with Crippen LogP contribution in [0.25, 0.3) is 0 Å². The Morgan fingerprint density at radius 1 is 1.11 bits per heavy atom. The number of benzene rings is 1. The van der Waals surface area contributed by atoms with E-state index in [0.29, 0.717) is 42.1 Å². The molecule has 0 atom stereocenters. The topological polar surface area (TPSA) is 73.5 Å². The molecule has 1 aliphatic rings. The van der Waals surface area contributed by atoms with E-state index >= 15 is 0 Å². The summed E-state index contributed by atoms with van der Waals surface area (Å²) in [5, 5.41) is 0. The van der Waals surface area contributed by atoms with Crippen molar-refractivity contribution in [2.45, 2.75) is 27.2 Å². The molecule has 1 N–H and O–H groups in total. The summed E-state index contributed by atoms with van der Waals surface area (Å²) in [5.74, 6) is -0.329. The Hall–Kier alpha value is -2.89. The van der Waals surface area contributed by atoms with Crippen molar-refractivity contribution >= 4 is 17.6 Å². The number of nitrogens with zero attached hydrogens (tertiary/aromatic N) is 2. The number of piperazine rings is 1. The summed E-state index contributed by atoms with van der Waals surface area (Å²) in [5.41, 5.74) is 3.49. The van der Waals surface area contributed by atoms with Crippen LogP contribution in [-0.4, -0.2) is 58.6 Å². The quantitative estimate of drug-likeness (QED) is 0.825. The van der Waals surface area contributed by atoms with Crippen LogP contribution in [0.2, 0.25) is 0 Å². The van der Waals surface area contributed by atoms with Gasteiger partial charge in [-0.1, -0.05) is 30.3 Å². The molecule has 1 saturated heterocycles. The molecular weight excluding hydrogens is 342 g/mol. The first-order valence-electron chi connectivity index (χ1n) is 9.19. The molecule has 1 aromatic carbocycles. The van der Waals surface area contributed by atoms with Crippen molar-refractivity contribution in [1.82, 2.24) is 14.8 Å². The Bertz CT molecular complexity index is 870. The van der Waals surface area contributed by atoms with Crippen molar-refractivity contribution in [3.63, 3.8) is 0 Å². The molecule has 0 saturated carbocycles. The lowest BCUT2D eigenvalue weighted by atomic mass is 10.1. The molecule has 2 amide bonds. The van der Waals surface area contributed by atoms with Gasteiger partial charge >= 0.3 is 0 Å². The minimum atomic E-state index is -0.190. The molecule has 1 fully saturated rings. The Balaban J connectivity index is 1.65. The highest BCUT2D eigenvalue weighted by atomic mass is 16.2. The van der Waals surface area contributed by atoms with Crippen LogP contribution in [-0.2, 0) is 11.2 Å². The lowest BCUT2D eigenvalue weighted by molar-refractivity contribution is -0.134. The van der Waals surface area contributed by atoms with Gasteiger partial charge in [-0.3, -0.25) is 14.4 Å². The molecule has 3 rings (SSSR count). The van der Waals surface area contributed by atoms with Gasteiger partial charge in [-0.25, -0.2) is 0 Å². The highest BCUT2D eigenvalue weighted by Crippen LogP contribution is 2.21. The first-order valence-corrected chi connectivity index (χ1v) is 9.19. The van der Waals surface area contributed by atoms with Crippen molar-refractivity contribution in [2.24, 2.45) is 0 Å². The van der Waals surface area contributed by atoms with Crippen molar-refractivity contribution in [2.75, 3.05) is 26.2 Å².